The van der Waals surface area contributed by atoms with Gasteiger partial charge in [0, 0.05) is 5.39 Å². The fourth-order valence-corrected chi connectivity index (χ4v) is 2.75. The topological polar surface area (TPSA) is 38.2 Å². The highest BCUT2D eigenvalue weighted by Crippen LogP contribution is 2.40. The molecule has 4 aromatic rings. The van der Waals surface area contributed by atoms with Gasteiger partial charge >= 0.3 is 0 Å². The summed E-state index contributed by atoms with van der Waals surface area (Å²) in [5.41, 5.74) is 3.45. The number of benzene rings is 2. The summed E-state index contributed by atoms with van der Waals surface area (Å²) in [7, 11) is 1.64. The third kappa shape index (κ3) is 1.33. The summed E-state index contributed by atoms with van der Waals surface area (Å²) in [6.45, 7) is 0. The normalized spacial score (nSPS) is 11.7. The maximum Gasteiger partial charge on any atom is 0.164 e. The Morgan fingerprint density at radius 2 is 1.95 bits per heavy atom. The summed E-state index contributed by atoms with van der Waals surface area (Å²) >= 11 is 6.24. The fraction of sp³-hybridized carbons (Fsp3) is 0.0667. The molecule has 0 spiro atoms. The monoisotopic (exact) mass is 271 g/mol. The molecule has 0 aliphatic carbocycles. The SMILES string of the molecule is COc1ccc(Cl)c2[nH]c3c4ccccc4oc3c12. The molecular weight excluding hydrogens is 262 g/mol. The van der Waals surface area contributed by atoms with Gasteiger partial charge in [0.05, 0.1) is 28.6 Å². The third-order valence-electron chi connectivity index (χ3n) is 3.41. The number of hydrogen-bond acceptors (Lipinski definition) is 2. The fourth-order valence-electron chi connectivity index (χ4n) is 2.55. The number of para-hydroxylation sites is 1. The van der Waals surface area contributed by atoms with E-state index in [1.54, 1.807) is 7.11 Å². The Kier molecular flexibility index (Phi) is 2.09. The van der Waals surface area contributed by atoms with Crippen LogP contribution < -0.4 is 4.74 Å². The predicted octanol–water partition coefficient (Wildman–Crippen LogP) is 4.73. The first-order valence-corrected chi connectivity index (χ1v) is 6.33. The van der Waals surface area contributed by atoms with Crippen LogP contribution in [0.15, 0.2) is 40.8 Å². The lowest BCUT2D eigenvalue weighted by molar-refractivity contribution is 0.419. The minimum atomic E-state index is 0.659. The summed E-state index contributed by atoms with van der Waals surface area (Å²) in [6, 6.07) is 11.6. The van der Waals surface area contributed by atoms with Gasteiger partial charge in [-0.15, -0.1) is 0 Å². The van der Waals surface area contributed by atoms with Crippen LogP contribution in [-0.4, -0.2) is 12.1 Å². The van der Waals surface area contributed by atoms with Gasteiger partial charge in [-0.2, -0.15) is 0 Å². The van der Waals surface area contributed by atoms with Gasteiger partial charge < -0.3 is 14.1 Å². The molecule has 2 aromatic heterocycles. The first-order valence-electron chi connectivity index (χ1n) is 5.95. The van der Waals surface area contributed by atoms with Crippen LogP contribution >= 0.6 is 11.6 Å². The minimum absolute atomic E-state index is 0.659. The number of aromatic amines is 1. The van der Waals surface area contributed by atoms with Crippen LogP contribution in [0, 0.1) is 0 Å². The van der Waals surface area contributed by atoms with Gasteiger partial charge in [-0.05, 0) is 24.3 Å². The van der Waals surface area contributed by atoms with Gasteiger partial charge in [-0.3, -0.25) is 0 Å². The van der Waals surface area contributed by atoms with E-state index in [4.69, 9.17) is 20.8 Å². The Morgan fingerprint density at radius 1 is 1.11 bits per heavy atom. The third-order valence-corrected chi connectivity index (χ3v) is 3.72. The van der Waals surface area contributed by atoms with E-state index in [0.29, 0.717) is 5.02 Å². The molecule has 0 fully saturated rings. The van der Waals surface area contributed by atoms with Crippen molar-refractivity contribution in [3.05, 3.63) is 41.4 Å². The number of nitrogens with one attached hydrogen (secondary N) is 1. The van der Waals surface area contributed by atoms with E-state index >= 15 is 0 Å². The summed E-state index contributed by atoms with van der Waals surface area (Å²) in [5.74, 6) is 0.754. The number of methoxy groups -OCH3 is 1. The summed E-state index contributed by atoms with van der Waals surface area (Å²) in [6.07, 6.45) is 0. The highest BCUT2D eigenvalue weighted by molar-refractivity contribution is 6.37. The largest absolute Gasteiger partial charge is 0.496 e. The van der Waals surface area contributed by atoms with Crippen molar-refractivity contribution in [1.29, 1.82) is 0 Å². The van der Waals surface area contributed by atoms with Gasteiger partial charge in [-0.1, -0.05) is 23.7 Å². The van der Waals surface area contributed by atoms with E-state index in [0.717, 1.165) is 38.7 Å². The van der Waals surface area contributed by atoms with Crippen molar-refractivity contribution in [1.82, 2.24) is 4.98 Å². The van der Waals surface area contributed by atoms with Gasteiger partial charge in [0.15, 0.2) is 5.58 Å². The first-order chi connectivity index (χ1) is 9.29. The second kappa shape index (κ2) is 3.68. The highest BCUT2D eigenvalue weighted by atomic mass is 35.5. The number of aromatic nitrogens is 1. The van der Waals surface area contributed by atoms with Crippen LogP contribution in [0.25, 0.3) is 33.0 Å². The number of rotatable bonds is 1. The maximum atomic E-state index is 6.24. The average molecular weight is 272 g/mol. The van der Waals surface area contributed by atoms with Crippen molar-refractivity contribution < 1.29 is 9.15 Å². The molecule has 0 amide bonds. The predicted molar refractivity (Wildman–Crippen MR) is 77.1 cm³/mol. The van der Waals surface area contributed by atoms with Crippen molar-refractivity contribution >= 4 is 44.6 Å². The second-order valence-corrected chi connectivity index (χ2v) is 4.83. The molecule has 4 heteroatoms. The minimum Gasteiger partial charge on any atom is -0.496 e. The molecule has 0 unspecified atom stereocenters. The average Bonchev–Trinajstić information content (AvgIpc) is 2.96. The molecule has 0 saturated carbocycles. The molecule has 4 rings (SSSR count). The van der Waals surface area contributed by atoms with Crippen LogP contribution in [0.1, 0.15) is 0 Å². The lowest BCUT2D eigenvalue weighted by Gasteiger charge is -2.02. The number of furan rings is 1. The van der Waals surface area contributed by atoms with Gasteiger partial charge in [0.1, 0.15) is 11.3 Å². The van der Waals surface area contributed by atoms with Gasteiger partial charge in [0.25, 0.3) is 0 Å². The molecule has 0 radical (unpaired) electrons. The second-order valence-electron chi connectivity index (χ2n) is 4.43. The van der Waals surface area contributed by atoms with Crippen LogP contribution in [-0.2, 0) is 0 Å². The van der Waals surface area contributed by atoms with Crippen molar-refractivity contribution in [2.75, 3.05) is 7.11 Å². The molecule has 1 N–H and O–H groups in total. The Balaban J connectivity index is 2.30. The molecule has 0 saturated heterocycles. The standard InChI is InChI=1S/C15H10ClNO2/c1-18-11-7-6-9(16)14-12(11)15-13(17-14)8-4-2-3-5-10(8)19-15/h2-7,17H,1H3. The Labute approximate surface area is 113 Å². The molecule has 0 aliphatic rings. The Bertz CT molecular complexity index is 920. The van der Waals surface area contributed by atoms with E-state index in [9.17, 15) is 0 Å². The van der Waals surface area contributed by atoms with E-state index in [1.807, 2.05) is 36.4 Å². The molecule has 94 valence electrons. The lowest BCUT2D eigenvalue weighted by Crippen LogP contribution is -1.83. The number of halogens is 1. The van der Waals surface area contributed by atoms with Crippen molar-refractivity contribution in [2.45, 2.75) is 0 Å². The van der Waals surface area contributed by atoms with E-state index in [1.165, 1.54) is 0 Å². The Morgan fingerprint density at radius 3 is 2.79 bits per heavy atom. The maximum absolute atomic E-state index is 6.24. The van der Waals surface area contributed by atoms with E-state index in [-0.39, 0.29) is 0 Å². The summed E-state index contributed by atoms with van der Waals surface area (Å²) in [4.78, 5) is 3.34. The molecule has 0 atom stereocenters. The zero-order chi connectivity index (χ0) is 13.0. The molecule has 0 bridgehead atoms. The molecule has 0 aliphatic heterocycles. The molecule has 2 aromatic carbocycles. The quantitative estimate of drug-likeness (QED) is 0.543. The molecular formula is C15H10ClNO2. The van der Waals surface area contributed by atoms with Crippen LogP contribution in [0.3, 0.4) is 0 Å². The lowest BCUT2D eigenvalue weighted by atomic mass is 10.2. The van der Waals surface area contributed by atoms with Crippen molar-refractivity contribution in [3.63, 3.8) is 0 Å². The number of hydrogen-bond donors (Lipinski definition) is 1. The molecule has 19 heavy (non-hydrogen) atoms. The Hall–Kier alpha value is -2.13. The first kappa shape index (κ1) is 10.8. The van der Waals surface area contributed by atoms with Crippen molar-refractivity contribution in [2.24, 2.45) is 0 Å². The summed E-state index contributed by atoms with van der Waals surface area (Å²) < 4.78 is 11.3. The molecule has 3 nitrogen and oxygen atoms in total. The van der Waals surface area contributed by atoms with Crippen LogP contribution in [0.5, 0.6) is 5.75 Å². The van der Waals surface area contributed by atoms with Crippen LogP contribution in [0.2, 0.25) is 5.02 Å². The van der Waals surface area contributed by atoms with E-state index in [2.05, 4.69) is 4.98 Å². The van der Waals surface area contributed by atoms with Crippen molar-refractivity contribution in [3.8, 4) is 5.75 Å². The van der Waals surface area contributed by atoms with Gasteiger partial charge in [-0.25, -0.2) is 0 Å². The zero-order valence-corrected chi connectivity index (χ0v) is 10.9. The summed E-state index contributed by atoms with van der Waals surface area (Å²) in [5, 5.41) is 2.60. The smallest absolute Gasteiger partial charge is 0.164 e. The van der Waals surface area contributed by atoms with Crippen LogP contribution in [0.4, 0.5) is 0 Å². The number of H-pyrrole nitrogens is 1. The highest BCUT2D eigenvalue weighted by Gasteiger charge is 2.17. The van der Waals surface area contributed by atoms with Gasteiger partial charge in [0.2, 0.25) is 0 Å². The molecule has 2 heterocycles. The number of ether oxygens (including phenoxy) is 1. The zero-order valence-electron chi connectivity index (χ0n) is 10.2. The number of fused-ring (bicyclic) bond motifs is 5. The van der Waals surface area contributed by atoms with E-state index < -0.39 is 0 Å².